The van der Waals surface area contributed by atoms with E-state index in [0.717, 1.165) is 60.7 Å². The van der Waals surface area contributed by atoms with Crippen molar-refractivity contribution in [3.63, 3.8) is 0 Å². The van der Waals surface area contributed by atoms with Gasteiger partial charge < -0.3 is 9.47 Å². The number of hydrogen-bond acceptors (Lipinski definition) is 2. The minimum absolute atomic E-state index is 0.637. The largest absolute Gasteiger partial charge is 0.497 e. The normalized spacial score (nSPS) is 17.9. The minimum atomic E-state index is -4.43. The second kappa shape index (κ2) is 9.48. The van der Waals surface area contributed by atoms with E-state index >= 15 is 0 Å². The molecule has 5 heteroatoms. The lowest BCUT2D eigenvalue weighted by Gasteiger charge is -2.38. The molecule has 1 heterocycles. The fourth-order valence-electron chi connectivity index (χ4n) is 7.35. The summed E-state index contributed by atoms with van der Waals surface area (Å²) in [5.41, 5.74) is 3.93. The summed E-state index contributed by atoms with van der Waals surface area (Å²) < 4.78 is 54.4. The van der Waals surface area contributed by atoms with Crippen LogP contribution in [0.4, 0.5) is 13.2 Å². The van der Waals surface area contributed by atoms with Crippen LogP contribution >= 0.6 is 0 Å². The van der Waals surface area contributed by atoms with E-state index in [9.17, 15) is 13.2 Å². The summed E-state index contributed by atoms with van der Waals surface area (Å²) in [4.78, 5) is 0. The van der Waals surface area contributed by atoms with E-state index in [2.05, 4.69) is 42.5 Å². The highest BCUT2D eigenvalue weighted by Gasteiger charge is 2.45. The summed E-state index contributed by atoms with van der Waals surface area (Å²) >= 11 is 0. The van der Waals surface area contributed by atoms with Crippen molar-refractivity contribution in [3.05, 3.63) is 149 Å². The molecule has 45 heavy (non-hydrogen) atoms. The molecule has 6 aromatic carbocycles. The highest BCUT2D eigenvalue weighted by Crippen LogP contribution is 2.58. The van der Waals surface area contributed by atoms with Gasteiger partial charge in [-0.15, -0.1) is 0 Å². The molecule has 222 valence electrons. The first-order valence-corrected chi connectivity index (χ1v) is 15.0. The highest BCUT2D eigenvalue weighted by molar-refractivity contribution is 6.08. The predicted molar refractivity (Wildman–Crippen MR) is 174 cm³/mol. The van der Waals surface area contributed by atoms with E-state index in [-0.39, 0.29) is 0 Å². The lowest BCUT2D eigenvalue weighted by atomic mass is 9.76. The molecule has 0 saturated heterocycles. The molecule has 1 aliphatic heterocycles. The Balaban J connectivity index is 1.41. The number of halogens is 3. The molecule has 0 bridgehead atoms. The van der Waals surface area contributed by atoms with Gasteiger partial charge in [0.05, 0.1) is 12.7 Å². The van der Waals surface area contributed by atoms with Crippen LogP contribution in [-0.4, -0.2) is 7.11 Å². The standard InChI is InChI=1S/C40H29F3O2/c1-38(2)34-23-28(40(41,42)43)16-19-32(34)35-30-10-6-7-11-31(30)37-33(36(35)38)20-21-39(45-37,26-14-17-29(44-3)18-15-26)27-13-12-24-8-4-5-9-25(24)22-27/h4-23H,1-3H3. The molecule has 8 rings (SSSR count). The number of methoxy groups -OCH3 is 1. The van der Waals surface area contributed by atoms with Gasteiger partial charge in [-0.25, -0.2) is 0 Å². The van der Waals surface area contributed by atoms with E-state index < -0.39 is 22.8 Å². The maximum atomic E-state index is 13.9. The van der Waals surface area contributed by atoms with Gasteiger partial charge in [-0.05, 0) is 74.8 Å². The molecular formula is C40H29F3O2. The average Bonchev–Trinajstić information content (AvgIpc) is 3.30. The number of benzene rings is 6. The fourth-order valence-corrected chi connectivity index (χ4v) is 7.35. The Morgan fingerprint density at radius 1 is 0.711 bits per heavy atom. The Labute approximate surface area is 259 Å². The van der Waals surface area contributed by atoms with Gasteiger partial charge in [-0.1, -0.05) is 98.8 Å². The first kappa shape index (κ1) is 27.5. The second-order valence-corrected chi connectivity index (χ2v) is 12.4. The third kappa shape index (κ3) is 3.96. The molecule has 1 aliphatic carbocycles. The first-order valence-electron chi connectivity index (χ1n) is 15.0. The predicted octanol–water partition coefficient (Wildman–Crippen LogP) is 10.7. The van der Waals surface area contributed by atoms with Crippen LogP contribution in [0.2, 0.25) is 0 Å². The molecule has 0 saturated carbocycles. The van der Waals surface area contributed by atoms with Crippen LogP contribution in [0, 0.1) is 0 Å². The molecule has 1 unspecified atom stereocenters. The van der Waals surface area contributed by atoms with Gasteiger partial charge in [-0.2, -0.15) is 13.2 Å². The summed E-state index contributed by atoms with van der Waals surface area (Å²) in [6.07, 6.45) is -0.222. The number of fused-ring (bicyclic) bond motifs is 9. The van der Waals surface area contributed by atoms with E-state index in [4.69, 9.17) is 9.47 Å². The van der Waals surface area contributed by atoms with Crippen molar-refractivity contribution in [1.29, 1.82) is 0 Å². The average molecular weight is 599 g/mol. The van der Waals surface area contributed by atoms with Crippen molar-refractivity contribution in [2.75, 3.05) is 7.11 Å². The third-order valence-electron chi connectivity index (χ3n) is 9.56. The summed E-state index contributed by atoms with van der Waals surface area (Å²) in [5, 5.41) is 4.10. The fraction of sp³-hybridized carbons (Fsp3) is 0.150. The van der Waals surface area contributed by atoms with Crippen molar-refractivity contribution in [3.8, 4) is 22.6 Å². The first-order chi connectivity index (χ1) is 21.6. The van der Waals surface area contributed by atoms with Crippen LogP contribution in [0.5, 0.6) is 11.5 Å². The zero-order valence-electron chi connectivity index (χ0n) is 25.0. The van der Waals surface area contributed by atoms with Gasteiger partial charge in [-0.3, -0.25) is 0 Å². The quantitative estimate of drug-likeness (QED) is 0.202. The van der Waals surface area contributed by atoms with Crippen molar-refractivity contribution in [2.24, 2.45) is 0 Å². The SMILES string of the molecule is COc1ccc(C2(c3ccc4ccccc4c3)C=Cc3c4c(c5ccccc5c3O2)-c2ccc(C(F)(F)F)cc2C4(C)C)cc1. The van der Waals surface area contributed by atoms with Gasteiger partial charge in [0.2, 0.25) is 0 Å². The minimum Gasteiger partial charge on any atom is -0.497 e. The van der Waals surface area contributed by atoms with E-state index in [1.165, 1.54) is 12.1 Å². The number of alkyl halides is 3. The molecule has 0 fully saturated rings. The molecular weight excluding hydrogens is 569 g/mol. The van der Waals surface area contributed by atoms with Crippen LogP contribution in [-0.2, 0) is 17.2 Å². The lowest BCUT2D eigenvalue weighted by molar-refractivity contribution is -0.137. The summed E-state index contributed by atoms with van der Waals surface area (Å²) in [5.74, 6) is 1.46. The maximum Gasteiger partial charge on any atom is 0.416 e. The van der Waals surface area contributed by atoms with E-state index in [1.54, 1.807) is 13.2 Å². The van der Waals surface area contributed by atoms with Crippen LogP contribution < -0.4 is 9.47 Å². The molecule has 2 aliphatic rings. The molecule has 0 spiro atoms. The smallest absolute Gasteiger partial charge is 0.416 e. The highest BCUT2D eigenvalue weighted by atomic mass is 19.4. The molecule has 2 nitrogen and oxygen atoms in total. The number of hydrogen-bond donors (Lipinski definition) is 0. The second-order valence-electron chi connectivity index (χ2n) is 12.4. The molecule has 0 aromatic heterocycles. The number of rotatable bonds is 3. The van der Waals surface area contributed by atoms with Crippen molar-refractivity contribution < 1.29 is 22.6 Å². The van der Waals surface area contributed by atoms with E-state index in [1.807, 2.05) is 74.5 Å². The van der Waals surface area contributed by atoms with Crippen LogP contribution in [0.1, 0.15) is 47.2 Å². The molecule has 0 amide bonds. The molecule has 1 atom stereocenters. The van der Waals surface area contributed by atoms with Crippen LogP contribution in [0.3, 0.4) is 0 Å². The Morgan fingerprint density at radius 3 is 2.13 bits per heavy atom. The van der Waals surface area contributed by atoms with Gasteiger partial charge >= 0.3 is 6.18 Å². The lowest BCUT2D eigenvalue weighted by Crippen LogP contribution is -2.35. The van der Waals surface area contributed by atoms with E-state index in [0.29, 0.717) is 11.3 Å². The van der Waals surface area contributed by atoms with Crippen LogP contribution in [0.25, 0.3) is 38.7 Å². The Hall–Kier alpha value is -5.03. The topological polar surface area (TPSA) is 18.5 Å². The van der Waals surface area contributed by atoms with Gasteiger partial charge in [0, 0.05) is 27.5 Å². The van der Waals surface area contributed by atoms with Crippen molar-refractivity contribution in [2.45, 2.75) is 31.0 Å². The monoisotopic (exact) mass is 598 g/mol. The third-order valence-corrected chi connectivity index (χ3v) is 9.56. The van der Waals surface area contributed by atoms with Gasteiger partial charge in [0.1, 0.15) is 11.5 Å². The molecule has 0 radical (unpaired) electrons. The molecule has 6 aromatic rings. The van der Waals surface area contributed by atoms with Crippen molar-refractivity contribution in [1.82, 2.24) is 0 Å². The van der Waals surface area contributed by atoms with Gasteiger partial charge in [0.25, 0.3) is 0 Å². The Morgan fingerprint density at radius 2 is 1.40 bits per heavy atom. The Bertz CT molecular complexity index is 2190. The Kier molecular flexibility index (Phi) is 5.80. The molecule has 0 N–H and O–H groups in total. The summed E-state index contributed by atoms with van der Waals surface area (Å²) in [6.45, 7) is 4.02. The zero-order chi connectivity index (χ0) is 31.1. The van der Waals surface area contributed by atoms with Crippen molar-refractivity contribution >= 4 is 27.6 Å². The maximum absolute atomic E-state index is 13.9. The number of ether oxygens (including phenoxy) is 2. The summed E-state index contributed by atoms with van der Waals surface area (Å²) in [7, 11) is 1.64. The van der Waals surface area contributed by atoms with Gasteiger partial charge in [0.15, 0.2) is 5.60 Å². The zero-order valence-corrected chi connectivity index (χ0v) is 25.0. The van der Waals surface area contributed by atoms with Crippen LogP contribution in [0.15, 0.2) is 115 Å². The summed E-state index contributed by atoms with van der Waals surface area (Å²) in [6, 6.07) is 34.7.